The second-order valence-electron chi connectivity index (χ2n) is 5.82. The third kappa shape index (κ3) is 7.53. The predicted octanol–water partition coefficient (Wildman–Crippen LogP) is 4.38. The molecule has 160 valence electrons. The van der Waals surface area contributed by atoms with E-state index in [0.29, 0.717) is 5.69 Å². The Balaban J connectivity index is 2.00. The Morgan fingerprint density at radius 1 is 1.03 bits per heavy atom. The summed E-state index contributed by atoms with van der Waals surface area (Å²) in [6.07, 6.45) is -2.04. The summed E-state index contributed by atoms with van der Waals surface area (Å²) in [5, 5.41) is 7.89. The SMILES string of the molecule is COC(=O)c1ccccc1NC(=S)NC(NC(=O)OCc1ccccc1)C(Cl)(Cl)Cl. The lowest BCUT2D eigenvalue weighted by Gasteiger charge is -2.27. The van der Waals surface area contributed by atoms with Gasteiger partial charge in [0.05, 0.1) is 18.4 Å². The molecule has 0 bridgehead atoms. The minimum absolute atomic E-state index is 0.00830. The average molecular weight is 491 g/mol. The molecule has 1 amide bonds. The van der Waals surface area contributed by atoms with E-state index in [4.69, 9.17) is 56.5 Å². The zero-order valence-electron chi connectivity index (χ0n) is 15.7. The van der Waals surface area contributed by atoms with Crippen molar-refractivity contribution in [3.05, 3.63) is 65.7 Å². The quantitative estimate of drug-likeness (QED) is 0.240. The van der Waals surface area contributed by atoms with Gasteiger partial charge in [0.15, 0.2) is 11.3 Å². The molecular formula is C19H18Cl3N3O4S. The molecule has 11 heteroatoms. The maximum absolute atomic E-state index is 12.1. The van der Waals surface area contributed by atoms with Crippen molar-refractivity contribution in [1.29, 1.82) is 0 Å². The van der Waals surface area contributed by atoms with E-state index >= 15 is 0 Å². The maximum atomic E-state index is 12.1. The molecule has 2 aromatic carbocycles. The monoisotopic (exact) mass is 489 g/mol. The summed E-state index contributed by atoms with van der Waals surface area (Å²) < 4.78 is 7.90. The molecule has 0 heterocycles. The Labute approximate surface area is 194 Å². The topological polar surface area (TPSA) is 88.7 Å². The molecular weight excluding hydrogens is 473 g/mol. The molecule has 7 nitrogen and oxygen atoms in total. The molecule has 0 saturated heterocycles. The van der Waals surface area contributed by atoms with Gasteiger partial charge in [0.1, 0.15) is 6.61 Å². The number of hydrogen-bond donors (Lipinski definition) is 3. The summed E-state index contributed by atoms with van der Waals surface area (Å²) in [6.45, 7) is 0.0362. The molecule has 30 heavy (non-hydrogen) atoms. The standard InChI is InChI=1S/C19H18Cl3N3O4S/c1-28-15(26)13-9-5-6-10-14(13)23-17(30)24-16(19(20,21)22)25-18(27)29-11-12-7-3-2-4-8-12/h2-10,16H,11H2,1H3,(H,25,27)(H2,23,24,30). The minimum atomic E-state index is -1.96. The highest BCUT2D eigenvalue weighted by molar-refractivity contribution is 7.80. The van der Waals surface area contributed by atoms with Crippen molar-refractivity contribution in [1.82, 2.24) is 10.6 Å². The molecule has 0 aromatic heterocycles. The molecule has 0 radical (unpaired) electrons. The average Bonchev–Trinajstić information content (AvgIpc) is 2.71. The Morgan fingerprint density at radius 2 is 1.67 bits per heavy atom. The lowest BCUT2D eigenvalue weighted by atomic mass is 10.2. The number of nitrogens with one attached hydrogen (secondary N) is 3. The van der Waals surface area contributed by atoms with Crippen molar-refractivity contribution in [3.8, 4) is 0 Å². The summed E-state index contributed by atoms with van der Waals surface area (Å²) in [4.78, 5) is 24.0. The first-order valence-corrected chi connectivity index (χ1v) is 10.0. The van der Waals surface area contributed by atoms with Crippen molar-refractivity contribution in [3.63, 3.8) is 0 Å². The first-order valence-electron chi connectivity index (χ1n) is 8.49. The highest BCUT2D eigenvalue weighted by atomic mass is 35.6. The smallest absolute Gasteiger partial charge is 0.409 e. The summed E-state index contributed by atoms with van der Waals surface area (Å²) in [7, 11) is 1.26. The molecule has 0 saturated carbocycles. The van der Waals surface area contributed by atoms with E-state index in [-0.39, 0.29) is 17.3 Å². The van der Waals surface area contributed by atoms with Gasteiger partial charge in [0, 0.05) is 0 Å². The molecule has 0 aliphatic rings. The van der Waals surface area contributed by atoms with Gasteiger partial charge in [0.2, 0.25) is 3.79 Å². The van der Waals surface area contributed by atoms with Gasteiger partial charge >= 0.3 is 12.1 Å². The van der Waals surface area contributed by atoms with Crippen LogP contribution in [0.5, 0.6) is 0 Å². The van der Waals surface area contributed by atoms with E-state index in [1.54, 1.807) is 36.4 Å². The second kappa shape index (κ2) is 11.2. The number of hydrogen-bond acceptors (Lipinski definition) is 5. The van der Waals surface area contributed by atoms with Gasteiger partial charge < -0.3 is 20.1 Å². The Hall–Kier alpha value is -2.26. The number of esters is 1. The van der Waals surface area contributed by atoms with E-state index in [1.807, 2.05) is 18.2 Å². The van der Waals surface area contributed by atoms with E-state index < -0.39 is 22.0 Å². The van der Waals surface area contributed by atoms with Gasteiger partial charge in [-0.2, -0.15) is 0 Å². The second-order valence-corrected chi connectivity index (χ2v) is 8.59. The fourth-order valence-corrected chi connectivity index (χ4v) is 2.81. The van der Waals surface area contributed by atoms with Crippen molar-refractivity contribution in [2.24, 2.45) is 0 Å². The molecule has 1 atom stereocenters. The molecule has 1 unspecified atom stereocenters. The third-order valence-corrected chi connectivity index (χ3v) is 4.53. The van der Waals surface area contributed by atoms with Gasteiger partial charge in [-0.1, -0.05) is 77.3 Å². The molecule has 0 fully saturated rings. The van der Waals surface area contributed by atoms with Crippen LogP contribution in [0.25, 0.3) is 0 Å². The van der Waals surface area contributed by atoms with Gasteiger partial charge in [-0.15, -0.1) is 0 Å². The number of halogens is 3. The number of alkyl halides is 3. The summed E-state index contributed by atoms with van der Waals surface area (Å²) in [6, 6.07) is 15.6. The van der Waals surface area contributed by atoms with Crippen molar-refractivity contribution in [2.45, 2.75) is 16.6 Å². The van der Waals surface area contributed by atoms with Crippen LogP contribution in [0.1, 0.15) is 15.9 Å². The fourth-order valence-electron chi connectivity index (χ4n) is 2.25. The number of benzene rings is 2. The van der Waals surface area contributed by atoms with Crippen LogP contribution < -0.4 is 16.0 Å². The van der Waals surface area contributed by atoms with E-state index in [2.05, 4.69) is 16.0 Å². The number of thiocarbonyl (C=S) groups is 1. The number of anilines is 1. The van der Waals surface area contributed by atoms with Gasteiger partial charge in [-0.25, -0.2) is 9.59 Å². The van der Waals surface area contributed by atoms with Crippen LogP contribution in [-0.4, -0.2) is 34.2 Å². The lowest BCUT2D eigenvalue weighted by molar-refractivity contribution is 0.0602. The number of carbonyl (C=O) groups is 2. The Kier molecular flexibility index (Phi) is 8.98. The summed E-state index contributed by atoms with van der Waals surface area (Å²) in [5.74, 6) is -0.554. The molecule has 0 spiro atoms. The number of amides is 1. The summed E-state index contributed by atoms with van der Waals surface area (Å²) >= 11 is 23.1. The molecule has 0 aliphatic carbocycles. The van der Waals surface area contributed by atoms with Crippen LogP contribution in [0.15, 0.2) is 54.6 Å². The molecule has 2 rings (SSSR count). The molecule has 3 N–H and O–H groups in total. The highest BCUT2D eigenvalue weighted by Crippen LogP contribution is 2.29. The van der Waals surface area contributed by atoms with Crippen LogP contribution in [-0.2, 0) is 16.1 Å². The predicted molar refractivity (Wildman–Crippen MR) is 121 cm³/mol. The van der Waals surface area contributed by atoms with Crippen LogP contribution in [0.4, 0.5) is 10.5 Å². The fraction of sp³-hybridized carbons (Fsp3) is 0.211. The first kappa shape index (κ1) is 24.0. The Bertz CT molecular complexity index is 894. The molecule has 2 aromatic rings. The van der Waals surface area contributed by atoms with E-state index in [9.17, 15) is 9.59 Å². The van der Waals surface area contributed by atoms with Crippen LogP contribution in [0.2, 0.25) is 0 Å². The number of ether oxygens (including phenoxy) is 2. The zero-order valence-corrected chi connectivity index (χ0v) is 18.7. The number of alkyl carbamates (subject to hydrolysis) is 1. The van der Waals surface area contributed by atoms with Crippen molar-refractivity contribution < 1.29 is 19.1 Å². The number of para-hydroxylation sites is 1. The maximum Gasteiger partial charge on any atom is 0.409 e. The normalized spacial score (nSPS) is 11.7. The Morgan fingerprint density at radius 3 is 2.30 bits per heavy atom. The zero-order chi connectivity index (χ0) is 22.1. The van der Waals surface area contributed by atoms with Crippen molar-refractivity contribution in [2.75, 3.05) is 12.4 Å². The van der Waals surface area contributed by atoms with Gasteiger partial charge in [-0.05, 0) is 29.9 Å². The minimum Gasteiger partial charge on any atom is -0.465 e. The van der Waals surface area contributed by atoms with Gasteiger partial charge in [0.25, 0.3) is 0 Å². The third-order valence-electron chi connectivity index (χ3n) is 3.66. The highest BCUT2D eigenvalue weighted by Gasteiger charge is 2.35. The van der Waals surface area contributed by atoms with Crippen LogP contribution in [0, 0.1) is 0 Å². The number of rotatable bonds is 6. The largest absolute Gasteiger partial charge is 0.465 e. The number of carbonyl (C=O) groups excluding carboxylic acids is 2. The van der Waals surface area contributed by atoms with E-state index in [0.717, 1.165) is 5.56 Å². The van der Waals surface area contributed by atoms with Crippen molar-refractivity contribution >= 4 is 69.9 Å². The van der Waals surface area contributed by atoms with Crippen LogP contribution >= 0.6 is 47.0 Å². The van der Waals surface area contributed by atoms with Gasteiger partial charge in [-0.3, -0.25) is 5.32 Å². The van der Waals surface area contributed by atoms with Crippen LogP contribution in [0.3, 0.4) is 0 Å². The first-order chi connectivity index (χ1) is 14.2. The summed E-state index contributed by atoms with van der Waals surface area (Å²) in [5.41, 5.74) is 1.42. The number of methoxy groups -OCH3 is 1. The lowest BCUT2D eigenvalue weighted by Crippen LogP contribution is -2.56. The molecule has 0 aliphatic heterocycles. The van der Waals surface area contributed by atoms with E-state index in [1.165, 1.54) is 7.11 Å².